The summed E-state index contributed by atoms with van der Waals surface area (Å²) in [6.45, 7) is 0.963. The minimum absolute atomic E-state index is 0.0770. The van der Waals surface area contributed by atoms with Crippen LogP contribution in [0.25, 0.3) is 16.8 Å². The van der Waals surface area contributed by atoms with Crippen molar-refractivity contribution in [2.24, 2.45) is 0 Å². The van der Waals surface area contributed by atoms with Crippen LogP contribution in [0, 0.1) is 11.3 Å². The molecule has 0 saturated carbocycles. The van der Waals surface area contributed by atoms with Gasteiger partial charge in [-0.1, -0.05) is 66.7 Å². The van der Waals surface area contributed by atoms with Crippen LogP contribution in [0.4, 0.5) is 5.69 Å². The standard InChI is InChI=1S/C30H24N2O3/c1-34-29-18-21(17-25(19-31)30(33)32-16-15-23-8-3-5-12-27(23)32)13-14-28(29)35-20-24-10-6-9-22-7-2-4-11-26(22)24/h2-14,17-18H,15-16,20H2,1H3/b25-17+. The van der Waals surface area contributed by atoms with Crippen molar-refractivity contribution < 1.29 is 14.3 Å². The Labute approximate surface area is 204 Å². The second-order valence-corrected chi connectivity index (χ2v) is 8.34. The van der Waals surface area contributed by atoms with E-state index in [0.717, 1.165) is 34.0 Å². The van der Waals surface area contributed by atoms with Crippen molar-refractivity contribution >= 4 is 28.4 Å². The second kappa shape index (κ2) is 9.74. The average molecular weight is 461 g/mol. The number of hydrogen-bond acceptors (Lipinski definition) is 4. The SMILES string of the molecule is COc1cc(/C=C(\C#N)C(=O)N2CCc3ccccc32)ccc1OCc1cccc2ccccc12. The molecule has 0 fully saturated rings. The van der Waals surface area contributed by atoms with Gasteiger partial charge in [0.25, 0.3) is 5.91 Å². The third-order valence-electron chi connectivity index (χ3n) is 6.24. The summed E-state index contributed by atoms with van der Waals surface area (Å²) in [5.74, 6) is 0.832. The highest BCUT2D eigenvalue weighted by Crippen LogP contribution is 2.32. The molecule has 1 amide bonds. The summed E-state index contributed by atoms with van der Waals surface area (Å²) in [4.78, 5) is 14.8. The molecule has 0 aromatic heterocycles. The molecule has 0 aliphatic carbocycles. The second-order valence-electron chi connectivity index (χ2n) is 8.34. The largest absolute Gasteiger partial charge is 0.493 e. The molecule has 5 heteroatoms. The highest BCUT2D eigenvalue weighted by molar-refractivity contribution is 6.12. The number of amides is 1. The zero-order chi connectivity index (χ0) is 24.2. The predicted octanol–water partition coefficient (Wildman–Crippen LogP) is 5.92. The van der Waals surface area contributed by atoms with Gasteiger partial charge in [0, 0.05) is 12.2 Å². The number of anilines is 1. The average Bonchev–Trinajstić information content (AvgIpc) is 3.34. The number of benzene rings is 4. The maximum absolute atomic E-state index is 13.1. The number of carbonyl (C=O) groups excluding carboxylic acids is 1. The lowest BCUT2D eigenvalue weighted by Crippen LogP contribution is -2.29. The third kappa shape index (κ3) is 4.47. The van der Waals surface area contributed by atoms with Gasteiger partial charge in [-0.25, -0.2) is 0 Å². The lowest BCUT2D eigenvalue weighted by molar-refractivity contribution is -0.114. The van der Waals surface area contributed by atoms with Crippen molar-refractivity contribution in [3.05, 3.63) is 107 Å². The molecule has 1 heterocycles. The van der Waals surface area contributed by atoms with Gasteiger partial charge in [0.05, 0.1) is 7.11 Å². The number of fused-ring (bicyclic) bond motifs is 2. The molecule has 5 nitrogen and oxygen atoms in total. The third-order valence-corrected chi connectivity index (χ3v) is 6.24. The Bertz CT molecular complexity index is 1480. The fourth-order valence-electron chi connectivity index (χ4n) is 4.47. The van der Waals surface area contributed by atoms with Gasteiger partial charge >= 0.3 is 0 Å². The summed E-state index contributed by atoms with van der Waals surface area (Å²) >= 11 is 0. The molecule has 0 spiro atoms. The van der Waals surface area contributed by atoms with E-state index in [2.05, 4.69) is 24.3 Å². The molecular weight excluding hydrogens is 436 g/mol. The molecule has 0 atom stereocenters. The Morgan fingerprint density at radius 1 is 1.00 bits per heavy atom. The van der Waals surface area contributed by atoms with E-state index in [-0.39, 0.29) is 11.5 Å². The van der Waals surface area contributed by atoms with Crippen LogP contribution in [0.3, 0.4) is 0 Å². The molecule has 0 saturated heterocycles. The Morgan fingerprint density at radius 3 is 2.66 bits per heavy atom. The van der Waals surface area contributed by atoms with Gasteiger partial charge in [-0.15, -0.1) is 0 Å². The van der Waals surface area contributed by atoms with Crippen LogP contribution >= 0.6 is 0 Å². The van der Waals surface area contributed by atoms with Crippen molar-refractivity contribution in [1.82, 2.24) is 0 Å². The first-order chi connectivity index (χ1) is 17.2. The number of carbonyl (C=O) groups is 1. The highest BCUT2D eigenvalue weighted by Gasteiger charge is 2.26. The molecule has 172 valence electrons. The van der Waals surface area contributed by atoms with E-state index in [4.69, 9.17) is 9.47 Å². The number of nitrogens with zero attached hydrogens (tertiary/aromatic N) is 2. The summed E-state index contributed by atoms with van der Waals surface area (Å²) in [6.07, 6.45) is 2.39. The van der Waals surface area contributed by atoms with E-state index in [1.54, 1.807) is 30.2 Å². The van der Waals surface area contributed by atoms with Crippen LogP contribution in [0.15, 0.2) is 90.5 Å². The minimum Gasteiger partial charge on any atom is -0.493 e. The Kier molecular flexibility index (Phi) is 6.19. The molecule has 4 aromatic carbocycles. The summed E-state index contributed by atoms with van der Waals surface area (Å²) in [5.41, 5.74) is 3.84. The Morgan fingerprint density at radius 2 is 1.80 bits per heavy atom. The number of hydrogen-bond donors (Lipinski definition) is 0. The molecule has 0 radical (unpaired) electrons. The predicted molar refractivity (Wildman–Crippen MR) is 137 cm³/mol. The van der Waals surface area contributed by atoms with Gasteiger partial charge in [0.1, 0.15) is 18.2 Å². The van der Waals surface area contributed by atoms with Crippen molar-refractivity contribution in [1.29, 1.82) is 5.26 Å². The van der Waals surface area contributed by atoms with E-state index in [1.165, 1.54) is 0 Å². The summed E-state index contributed by atoms with van der Waals surface area (Å²) in [5, 5.41) is 12.0. The molecule has 0 N–H and O–H groups in total. The van der Waals surface area contributed by atoms with Crippen LogP contribution in [0.2, 0.25) is 0 Å². The maximum atomic E-state index is 13.1. The van der Waals surface area contributed by atoms with Gasteiger partial charge in [0.2, 0.25) is 0 Å². The minimum atomic E-state index is -0.298. The smallest absolute Gasteiger partial charge is 0.268 e. The van der Waals surface area contributed by atoms with Crippen LogP contribution in [-0.4, -0.2) is 19.6 Å². The molecule has 5 rings (SSSR count). The molecule has 35 heavy (non-hydrogen) atoms. The number of methoxy groups -OCH3 is 1. The fraction of sp³-hybridized carbons (Fsp3) is 0.133. The van der Waals surface area contributed by atoms with Gasteiger partial charge in [-0.05, 0) is 58.2 Å². The highest BCUT2D eigenvalue weighted by atomic mass is 16.5. The summed E-state index contributed by atoms with van der Waals surface area (Å²) in [7, 11) is 1.57. The Hall–Kier alpha value is -4.56. The first-order valence-electron chi connectivity index (χ1n) is 11.5. The van der Waals surface area contributed by atoms with Gasteiger partial charge in [-0.3, -0.25) is 4.79 Å². The monoisotopic (exact) mass is 460 g/mol. The summed E-state index contributed by atoms with van der Waals surface area (Å²) in [6, 6.07) is 29.6. The molecule has 0 bridgehead atoms. The number of nitriles is 1. The number of rotatable bonds is 6. The molecular formula is C30H24N2O3. The molecule has 0 unspecified atom stereocenters. The van der Waals surface area contributed by atoms with Gasteiger partial charge in [-0.2, -0.15) is 5.26 Å². The van der Waals surface area contributed by atoms with Gasteiger partial charge < -0.3 is 14.4 Å². The van der Waals surface area contributed by atoms with Crippen LogP contribution < -0.4 is 14.4 Å². The zero-order valence-corrected chi connectivity index (χ0v) is 19.4. The van der Waals surface area contributed by atoms with E-state index in [0.29, 0.717) is 30.2 Å². The number of ether oxygens (including phenoxy) is 2. The molecule has 1 aliphatic rings. The van der Waals surface area contributed by atoms with Crippen molar-refractivity contribution in [3.63, 3.8) is 0 Å². The van der Waals surface area contributed by atoms with E-state index >= 15 is 0 Å². The maximum Gasteiger partial charge on any atom is 0.268 e. The van der Waals surface area contributed by atoms with Crippen LogP contribution in [0.1, 0.15) is 16.7 Å². The lowest BCUT2D eigenvalue weighted by atomic mass is 10.1. The Balaban J connectivity index is 1.36. The fourth-order valence-corrected chi connectivity index (χ4v) is 4.47. The zero-order valence-electron chi connectivity index (χ0n) is 19.4. The van der Waals surface area contributed by atoms with E-state index < -0.39 is 0 Å². The quantitative estimate of drug-likeness (QED) is 0.265. The first-order valence-corrected chi connectivity index (χ1v) is 11.5. The van der Waals surface area contributed by atoms with Crippen molar-refractivity contribution in [3.8, 4) is 17.6 Å². The lowest BCUT2D eigenvalue weighted by Gasteiger charge is -2.17. The van der Waals surface area contributed by atoms with Crippen molar-refractivity contribution in [2.75, 3.05) is 18.6 Å². The first kappa shape index (κ1) is 22.2. The van der Waals surface area contributed by atoms with Gasteiger partial charge in [0.15, 0.2) is 11.5 Å². The molecule has 1 aliphatic heterocycles. The summed E-state index contributed by atoms with van der Waals surface area (Å²) < 4.78 is 11.6. The van der Waals surface area contributed by atoms with Crippen LogP contribution in [0.5, 0.6) is 11.5 Å². The van der Waals surface area contributed by atoms with Crippen molar-refractivity contribution in [2.45, 2.75) is 13.0 Å². The molecule has 4 aromatic rings. The van der Waals surface area contributed by atoms with E-state index in [1.807, 2.05) is 54.6 Å². The normalized spacial score (nSPS) is 12.8. The topological polar surface area (TPSA) is 62.6 Å². The number of para-hydroxylation sites is 1. The van der Waals surface area contributed by atoms with E-state index in [9.17, 15) is 10.1 Å². The van der Waals surface area contributed by atoms with Crippen LogP contribution in [-0.2, 0) is 17.8 Å².